The summed E-state index contributed by atoms with van der Waals surface area (Å²) in [4.78, 5) is 65.4. The van der Waals surface area contributed by atoms with E-state index in [0.717, 1.165) is 52.8 Å². The first kappa shape index (κ1) is 31.9. The summed E-state index contributed by atoms with van der Waals surface area (Å²) < 4.78 is 0. The van der Waals surface area contributed by atoms with Crippen molar-refractivity contribution in [2.75, 3.05) is 39.3 Å². The van der Waals surface area contributed by atoms with Crippen LogP contribution in [0.3, 0.4) is 0 Å². The molecule has 10 heteroatoms. The lowest BCUT2D eigenvalue weighted by atomic mass is 9.49. The number of H-pyrrole nitrogens is 1. The van der Waals surface area contributed by atoms with Crippen LogP contribution in [0.4, 0.5) is 0 Å². The van der Waals surface area contributed by atoms with Crippen molar-refractivity contribution in [2.45, 2.75) is 89.5 Å². The van der Waals surface area contributed by atoms with Crippen molar-refractivity contribution in [3.63, 3.8) is 0 Å². The normalized spacial score (nSPS) is 35.0. The number of hydrogen-bond donors (Lipinski definition) is 2. The number of aromatic amines is 1. The van der Waals surface area contributed by atoms with E-state index in [4.69, 9.17) is 11.6 Å². The van der Waals surface area contributed by atoms with Gasteiger partial charge in [0, 0.05) is 79.1 Å². The fourth-order valence-electron chi connectivity index (χ4n) is 12.0. The number of hydrogen-bond acceptors (Lipinski definition) is 4. The zero-order valence-corrected chi connectivity index (χ0v) is 29.5. The molecule has 4 amide bonds. The fraction of sp³-hybridized carbons (Fsp3) is 0.692. The zero-order chi connectivity index (χ0) is 33.7. The monoisotopic (exact) mass is 687 g/mol. The van der Waals surface area contributed by atoms with Gasteiger partial charge >= 0.3 is 0 Å². The summed E-state index contributed by atoms with van der Waals surface area (Å²) in [5, 5.41) is 5.03. The average molecular weight is 688 g/mol. The summed E-state index contributed by atoms with van der Waals surface area (Å²) in [6.07, 6.45) is 11.4. The topological polar surface area (TPSA) is 106 Å². The first-order valence-corrected chi connectivity index (χ1v) is 19.5. The van der Waals surface area contributed by atoms with Gasteiger partial charge in [-0.2, -0.15) is 0 Å². The molecule has 1 aromatic carbocycles. The number of piperazine rings is 1. The maximum absolute atomic E-state index is 14.8. The highest BCUT2D eigenvalue weighted by atomic mass is 35.5. The van der Waals surface area contributed by atoms with Gasteiger partial charge in [0.2, 0.25) is 23.6 Å². The Morgan fingerprint density at radius 1 is 0.918 bits per heavy atom. The number of halogens is 1. The quantitative estimate of drug-likeness (QED) is 0.415. The molecule has 4 bridgehead atoms. The van der Waals surface area contributed by atoms with Crippen molar-refractivity contribution in [3.05, 3.63) is 34.5 Å². The van der Waals surface area contributed by atoms with Crippen LogP contribution in [0.5, 0.6) is 0 Å². The average Bonchev–Trinajstić information content (AvgIpc) is 3.88. The van der Waals surface area contributed by atoms with Gasteiger partial charge in [0.05, 0.1) is 11.5 Å². The van der Waals surface area contributed by atoms with Crippen molar-refractivity contribution in [1.29, 1.82) is 0 Å². The Balaban J connectivity index is 0.991. The van der Waals surface area contributed by atoms with E-state index in [9.17, 15) is 19.2 Å². The minimum absolute atomic E-state index is 0.0157. The summed E-state index contributed by atoms with van der Waals surface area (Å²) in [5.41, 5.74) is 2.41. The summed E-state index contributed by atoms with van der Waals surface area (Å²) in [6.45, 7) is 5.37. The van der Waals surface area contributed by atoms with Crippen LogP contribution in [0.25, 0.3) is 10.9 Å². The largest absolute Gasteiger partial charge is 0.356 e. The molecule has 262 valence electrons. The van der Waals surface area contributed by atoms with Crippen LogP contribution in [0.2, 0.25) is 5.02 Å². The van der Waals surface area contributed by atoms with Crippen molar-refractivity contribution in [2.24, 2.45) is 40.9 Å². The molecule has 0 unspecified atom stereocenters. The second-order valence-electron chi connectivity index (χ2n) is 17.0. The second kappa shape index (κ2) is 11.7. The Morgan fingerprint density at radius 3 is 2.20 bits per heavy atom. The Morgan fingerprint density at radius 2 is 1.57 bits per heavy atom. The first-order valence-electron chi connectivity index (χ1n) is 19.1. The molecule has 3 aliphatic heterocycles. The molecule has 49 heavy (non-hydrogen) atoms. The maximum Gasteiger partial charge on any atom is 0.228 e. The van der Waals surface area contributed by atoms with Gasteiger partial charge in [0.1, 0.15) is 0 Å². The number of amides is 4. The molecule has 2 N–H and O–H groups in total. The Bertz CT molecular complexity index is 1670. The molecule has 10 rings (SSSR count). The molecule has 4 heterocycles. The number of benzene rings is 1. The molecular formula is C39H50ClN5O4. The molecule has 2 saturated heterocycles. The van der Waals surface area contributed by atoms with Crippen LogP contribution >= 0.6 is 11.6 Å². The van der Waals surface area contributed by atoms with Gasteiger partial charge in [-0.05, 0) is 118 Å². The Hall–Kier alpha value is -3.07. The molecule has 3 atom stereocenters. The molecular weight excluding hydrogens is 638 g/mol. The number of carbonyl (C=O) groups excluding carboxylic acids is 4. The number of nitrogens with one attached hydrogen (secondary N) is 2. The number of nitrogens with zero attached hydrogens (tertiary/aromatic N) is 3. The van der Waals surface area contributed by atoms with E-state index >= 15 is 0 Å². The third kappa shape index (κ3) is 5.22. The van der Waals surface area contributed by atoms with Crippen molar-refractivity contribution < 1.29 is 19.2 Å². The zero-order valence-electron chi connectivity index (χ0n) is 28.8. The highest BCUT2D eigenvalue weighted by Gasteiger charge is 2.59. The van der Waals surface area contributed by atoms with Gasteiger partial charge in [-0.15, -0.1) is 0 Å². The molecule has 7 fully saturated rings. The van der Waals surface area contributed by atoms with Gasteiger partial charge in [0.15, 0.2) is 0 Å². The highest BCUT2D eigenvalue weighted by molar-refractivity contribution is 6.31. The number of rotatable bonds is 7. The second-order valence-corrected chi connectivity index (χ2v) is 17.4. The SMILES string of the molecule is CC[C@]12c3[nH]c4ccc(Cl)cc4c3CCN1C(=O)[C@@H](CC(=O)NCC13CC4CC(CC(C4)C1)C3)C[C@@H]2C(=O)N1CCN(C(=O)C2CC2)CC1. The maximum atomic E-state index is 14.8. The molecule has 2 aromatic rings. The van der Waals surface area contributed by atoms with Gasteiger partial charge in [0.25, 0.3) is 0 Å². The van der Waals surface area contributed by atoms with E-state index < -0.39 is 17.4 Å². The van der Waals surface area contributed by atoms with E-state index in [1.165, 1.54) is 38.5 Å². The molecule has 5 aliphatic carbocycles. The Kier molecular flexibility index (Phi) is 7.64. The van der Waals surface area contributed by atoms with E-state index in [0.29, 0.717) is 63.6 Å². The van der Waals surface area contributed by atoms with E-state index in [1.807, 2.05) is 32.9 Å². The van der Waals surface area contributed by atoms with Gasteiger partial charge in [-0.25, -0.2) is 0 Å². The van der Waals surface area contributed by atoms with Gasteiger partial charge < -0.3 is 25.0 Å². The lowest BCUT2D eigenvalue weighted by Gasteiger charge is -2.57. The standard InChI is InChI=1S/C39H50ClN5O4/c1-2-39-31(37(49)44-11-9-43(10-12-44)35(47)26-3-4-26)16-27(17-33(46)41-22-38-19-23-13-24(20-38)15-25(14-23)21-38)36(48)45(39)8-7-29-30-18-28(40)5-6-32(30)42-34(29)39/h5-6,18,23-27,31,42H,2-4,7-17,19-22H2,1H3,(H,41,46)/t23?,24?,25?,27-,31-,38?,39+/m1/s1. The summed E-state index contributed by atoms with van der Waals surface area (Å²) in [6, 6.07) is 5.84. The van der Waals surface area contributed by atoms with Crippen molar-refractivity contribution in [1.82, 2.24) is 25.0 Å². The van der Waals surface area contributed by atoms with Crippen molar-refractivity contribution >= 4 is 46.1 Å². The van der Waals surface area contributed by atoms with Crippen LogP contribution in [-0.2, 0) is 31.1 Å². The van der Waals surface area contributed by atoms with Crippen LogP contribution in [0.1, 0.15) is 88.8 Å². The number of aromatic nitrogens is 1. The molecule has 0 radical (unpaired) electrons. The van der Waals surface area contributed by atoms with Crippen LogP contribution in [-0.4, -0.2) is 82.6 Å². The molecule has 8 aliphatic rings. The molecule has 5 saturated carbocycles. The smallest absolute Gasteiger partial charge is 0.228 e. The Labute approximate surface area is 293 Å². The highest BCUT2D eigenvalue weighted by Crippen LogP contribution is 2.60. The third-order valence-electron chi connectivity index (χ3n) is 14.0. The minimum atomic E-state index is -0.847. The molecule has 0 spiro atoms. The molecule has 9 nitrogen and oxygen atoms in total. The predicted octanol–water partition coefficient (Wildman–Crippen LogP) is 5.25. The third-order valence-corrected chi connectivity index (χ3v) is 14.2. The van der Waals surface area contributed by atoms with Crippen LogP contribution < -0.4 is 5.32 Å². The minimum Gasteiger partial charge on any atom is -0.356 e. The van der Waals surface area contributed by atoms with Crippen molar-refractivity contribution in [3.8, 4) is 0 Å². The van der Waals surface area contributed by atoms with Crippen LogP contribution in [0.15, 0.2) is 18.2 Å². The number of piperidine rings is 1. The number of carbonyl (C=O) groups is 4. The molecule has 1 aromatic heterocycles. The fourth-order valence-corrected chi connectivity index (χ4v) is 12.2. The number of fused-ring (bicyclic) bond motifs is 5. The lowest BCUT2D eigenvalue weighted by molar-refractivity contribution is -0.168. The van der Waals surface area contributed by atoms with E-state index in [1.54, 1.807) is 0 Å². The van der Waals surface area contributed by atoms with E-state index in [2.05, 4.69) is 17.2 Å². The predicted molar refractivity (Wildman–Crippen MR) is 186 cm³/mol. The summed E-state index contributed by atoms with van der Waals surface area (Å²) in [7, 11) is 0. The summed E-state index contributed by atoms with van der Waals surface area (Å²) in [5.74, 6) is 1.72. The van der Waals surface area contributed by atoms with Gasteiger partial charge in [-0.3, -0.25) is 19.2 Å². The van der Waals surface area contributed by atoms with Crippen LogP contribution in [0, 0.1) is 40.9 Å². The van der Waals surface area contributed by atoms with Gasteiger partial charge in [-0.1, -0.05) is 18.5 Å². The lowest BCUT2D eigenvalue weighted by Crippen LogP contribution is -2.66. The first-order chi connectivity index (χ1) is 23.7. The van der Waals surface area contributed by atoms with E-state index in [-0.39, 0.29) is 41.4 Å². The summed E-state index contributed by atoms with van der Waals surface area (Å²) >= 11 is 6.46.